The summed E-state index contributed by atoms with van der Waals surface area (Å²) in [5.41, 5.74) is 2.44. The van der Waals surface area contributed by atoms with Gasteiger partial charge in [0.25, 0.3) is 0 Å². The minimum atomic E-state index is 0.343. The zero-order valence-electron chi connectivity index (χ0n) is 13.8. The van der Waals surface area contributed by atoms with Gasteiger partial charge in [-0.2, -0.15) is 0 Å². The van der Waals surface area contributed by atoms with E-state index in [4.69, 9.17) is 9.72 Å². The smallest absolute Gasteiger partial charge is 0.214 e. The number of ether oxygens (including phenoxy) is 1. The average molecular weight is 290 g/mol. The maximum Gasteiger partial charge on any atom is 0.214 e. The minimum absolute atomic E-state index is 0.343. The summed E-state index contributed by atoms with van der Waals surface area (Å²) in [6.07, 6.45) is 7.57. The van der Waals surface area contributed by atoms with E-state index in [0.29, 0.717) is 12.0 Å². The molecule has 0 aromatic carbocycles. The highest BCUT2D eigenvalue weighted by molar-refractivity contribution is 5.25. The van der Waals surface area contributed by atoms with Crippen LogP contribution >= 0.6 is 0 Å². The fraction of sp³-hybridized carbons (Fsp3) is 0.722. The predicted octanol–water partition coefficient (Wildman–Crippen LogP) is 4.10. The molecule has 0 spiro atoms. The van der Waals surface area contributed by atoms with E-state index < -0.39 is 0 Å². The van der Waals surface area contributed by atoms with E-state index >= 15 is 0 Å². The summed E-state index contributed by atoms with van der Waals surface area (Å²) in [5, 5.41) is 3.39. The molecule has 3 nitrogen and oxygen atoms in total. The highest BCUT2D eigenvalue weighted by Crippen LogP contribution is 2.28. The molecular weight excluding hydrogens is 260 g/mol. The van der Waals surface area contributed by atoms with Crippen molar-refractivity contribution in [3.05, 3.63) is 23.4 Å². The summed E-state index contributed by atoms with van der Waals surface area (Å²) in [7, 11) is 0. The molecule has 1 aromatic rings. The molecule has 1 fully saturated rings. The van der Waals surface area contributed by atoms with E-state index in [1.807, 2.05) is 0 Å². The van der Waals surface area contributed by atoms with E-state index in [1.165, 1.54) is 31.2 Å². The van der Waals surface area contributed by atoms with Gasteiger partial charge in [0.05, 0.1) is 0 Å². The highest BCUT2D eigenvalue weighted by atomic mass is 16.5. The number of aromatic nitrogens is 1. The van der Waals surface area contributed by atoms with Crippen LogP contribution in [0.25, 0.3) is 0 Å². The molecule has 0 radical (unpaired) electrons. The second-order valence-electron chi connectivity index (χ2n) is 6.25. The zero-order valence-corrected chi connectivity index (χ0v) is 13.8. The Hall–Kier alpha value is -1.09. The molecule has 3 heteroatoms. The van der Waals surface area contributed by atoms with Gasteiger partial charge in [-0.25, -0.2) is 4.98 Å². The van der Waals surface area contributed by atoms with Gasteiger partial charge in [-0.3, -0.25) is 0 Å². The van der Waals surface area contributed by atoms with Gasteiger partial charge < -0.3 is 10.1 Å². The number of nitrogens with one attached hydrogen (secondary N) is 1. The zero-order chi connectivity index (χ0) is 15.1. The molecule has 1 saturated carbocycles. The van der Waals surface area contributed by atoms with Crippen LogP contribution in [0.2, 0.25) is 0 Å². The molecule has 0 amide bonds. The lowest BCUT2D eigenvalue weighted by molar-refractivity contribution is 0.0972. The Morgan fingerprint density at radius 1 is 1.24 bits per heavy atom. The van der Waals surface area contributed by atoms with Crippen molar-refractivity contribution in [3.8, 4) is 5.88 Å². The fourth-order valence-corrected chi connectivity index (χ4v) is 3.05. The molecule has 118 valence electrons. The molecule has 2 atom stereocenters. The molecule has 1 aliphatic rings. The molecule has 1 aliphatic carbocycles. The fourth-order valence-electron chi connectivity index (χ4n) is 3.05. The predicted molar refractivity (Wildman–Crippen MR) is 87.7 cm³/mol. The number of hydrogen-bond acceptors (Lipinski definition) is 3. The van der Waals surface area contributed by atoms with E-state index in [2.05, 4.69) is 38.2 Å². The third-order valence-electron chi connectivity index (χ3n) is 4.30. The van der Waals surface area contributed by atoms with Crippen LogP contribution < -0.4 is 10.1 Å². The summed E-state index contributed by atoms with van der Waals surface area (Å²) in [6.45, 7) is 8.52. The van der Waals surface area contributed by atoms with Crippen LogP contribution in [0.1, 0.15) is 64.1 Å². The molecule has 2 unspecified atom stereocenters. The van der Waals surface area contributed by atoms with Crippen LogP contribution in [0.4, 0.5) is 0 Å². The largest absolute Gasteiger partial charge is 0.474 e. The van der Waals surface area contributed by atoms with Crippen LogP contribution in [0, 0.1) is 5.92 Å². The lowest BCUT2D eigenvalue weighted by Crippen LogP contribution is -2.28. The minimum Gasteiger partial charge on any atom is -0.474 e. The molecule has 0 bridgehead atoms. The third kappa shape index (κ3) is 4.99. The van der Waals surface area contributed by atoms with Gasteiger partial charge in [0.15, 0.2) is 0 Å². The van der Waals surface area contributed by atoms with E-state index in [1.54, 1.807) is 0 Å². The van der Waals surface area contributed by atoms with Gasteiger partial charge in [-0.1, -0.05) is 33.6 Å². The van der Waals surface area contributed by atoms with Gasteiger partial charge >= 0.3 is 0 Å². The number of hydrogen-bond donors (Lipinski definition) is 1. The molecule has 0 saturated heterocycles. The Balaban J connectivity index is 2.10. The summed E-state index contributed by atoms with van der Waals surface area (Å²) in [4.78, 5) is 4.71. The lowest BCUT2D eigenvalue weighted by atomic mass is 9.88. The van der Waals surface area contributed by atoms with Crippen LogP contribution in [-0.2, 0) is 13.0 Å². The highest BCUT2D eigenvalue weighted by Gasteiger charge is 2.23. The van der Waals surface area contributed by atoms with Gasteiger partial charge in [0.2, 0.25) is 5.88 Å². The first-order valence-corrected chi connectivity index (χ1v) is 8.60. The Morgan fingerprint density at radius 3 is 2.76 bits per heavy atom. The van der Waals surface area contributed by atoms with Crippen LogP contribution in [0.15, 0.2) is 12.1 Å². The summed E-state index contributed by atoms with van der Waals surface area (Å²) in [6, 6.07) is 4.33. The van der Waals surface area contributed by atoms with Gasteiger partial charge in [0, 0.05) is 18.3 Å². The third-order valence-corrected chi connectivity index (χ3v) is 4.30. The van der Waals surface area contributed by atoms with Gasteiger partial charge in [-0.15, -0.1) is 0 Å². The van der Waals surface area contributed by atoms with Crippen LogP contribution in [0.5, 0.6) is 5.88 Å². The summed E-state index contributed by atoms with van der Waals surface area (Å²) >= 11 is 0. The van der Waals surface area contributed by atoms with E-state index in [0.717, 1.165) is 37.5 Å². The lowest BCUT2D eigenvalue weighted by Gasteiger charge is -2.29. The number of nitrogens with zero attached hydrogens (tertiary/aromatic N) is 1. The number of aryl methyl sites for hydroxylation is 1. The number of rotatable bonds is 7. The van der Waals surface area contributed by atoms with Gasteiger partial charge in [0.1, 0.15) is 6.10 Å². The first kappa shape index (κ1) is 16.3. The molecule has 1 heterocycles. The van der Waals surface area contributed by atoms with E-state index in [9.17, 15) is 0 Å². The topological polar surface area (TPSA) is 34.1 Å². The van der Waals surface area contributed by atoms with Crippen molar-refractivity contribution in [1.82, 2.24) is 10.3 Å². The maximum absolute atomic E-state index is 6.24. The van der Waals surface area contributed by atoms with Crippen LogP contribution in [0.3, 0.4) is 0 Å². The van der Waals surface area contributed by atoms with E-state index in [-0.39, 0.29) is 0 Å². The van der Waals surface area contributed by atoms with Crippen molar-refractivity contribution in [2.75, 3.05) is 6.54 Å². The monoisotopic (exact) mass is 290 g/mol. The molecule has 1 N–H and O–H groups in total. The standard InChI is InChI=1S/C18H30N2O/c1-4-8-16-11-15(13-19-5-2)12-18(20-16)21-17-10-7-6-9-14(17)3/h11-12,14,17,19H,4-10,13H2,1-3H3. The van der Waals surface area contributed by atoms with Crippen molar-refractivity contribution >= 4 is 0 Å². The normalized spacial score (nSPS) is 22.2. The Bertz CT molecular complexity index is 433. The molecule has 1 aromatic heterocycles. The van der Waals surface area contributed by atoms with Crippen LogP contribution in [-0.4, -0.2) is 17.6 Å². The molecule has 0 aliphatic heterocycles. The first-order chi connectivity index (χ1) is 10.2. The maximum atomic E-state index is 6.24. The Labute approximate surface area is 129 Å². The quantitative estimate of drug-likeness (QED) is 0.821. The SMILES string of the molecule is CCCc1cc(CNCC)cc(OC2CCCCC2C)n1. The average Bonchev–Trinajstić information content (AvgIpc) is 2.48. The molecule has 21 heavy (non-hydrogen) atoms. The van der Waals surface area contributed by atoms with Crippen molar-refractivity contribution in [2.24, 2.45) is 5.92 Å². The first-order valence-electron chi connectivity index (χ1n) is 8.60. The van der Waals surface area contributed by atoms with Crippen molar-refractivity contribution in [3.63, 3.8) is 0 Å². The number of pyridine rings is 1. The second kappa shape index (κ2) is 8.38. The van der Waals surface area contributed by atoms with Crippen molar-refractivity contribution in [1.29, 1.82) is 0 Å². The summed E-state index contributed by atoms with van der Waals surface area (Å²) < 4.78 is 6.24. The van der Waals surface area contributed by atoms with Gasteiger partial charge in [-0.05, 0) is 49.8 Å². The molecule has 2 rings (SSSR count). The summed E-state index contributed by atoms with van der Waals surface area (Å²) in [5.74, 6) is 1.47. The second-order valence-corrected chi connectivity index (χ2v) is 6.25. The Kier molecular flexibility index (Phi) is 6.50. The van der Waals surface area contributed by atoms with Crippen molar-refractivity contribution in [2.45, 2.75) is 71.9 Å². The Morgan fingerprint density at radius 2 is 2.05 bits per heavy atom. The van der Waals surface area contributed by atoms with Crippen molar-refractivity contribution < 1.29 is 4.74 Å². The molecular formula is C18H30N2O.